The quantitative estimate of drug-likeness (QED) is 0.325. The number of sulfone groups is 1. The number of anilines is 2. The van der Waals surface area contributed by atoms with Crippen LogP contribution >= 0.6 is 0 Å². The van der Waals surface area contributed by atoms with Gasteiger partial charge < -0.3 is 20.5 Å². The molecule has 0 saturated heterocycles. The minimum absolute atomic E-state index is 0.0477. The highest BCUT2D eigenvalue weighted by molar-refractivity contribution is 7.91. The van der Waals surface area contributed by atoms with Crippen LogP contribution in [0.1, 0.15) is 94.8 Å². The summed E-state index contributed by atoms with van der Waals surface area (Å²) < 4.78 is 36.1. The number of hydrogen-bond donors (Lipinski definition) is 2. The van der Waals surface area contributed by atoms with Crippen molar-refractivity contribution in [2.24, 2.45) is 11.7 Å². The lowest BCUT2D eigenvalue weighted by atomic mass is 9.84. The topological polar surface area (TPSA) is 146 Å². The third-order valence-electron chi connectivity index (χ3n) is 8.64. The Labute approximate surface area is 247 Å². The molecule has 1 atom stereocenters. The van der Waals surface area contributed by atoms with Gasteiger partial charge in [-0.3, -0.25) is 0 Å². The van der Waals surface area contributed by atoms with Gasteiger partial charge in [0.25, 0.3) is 0 Å². The lowest BCUT2D eigenvalue weighted by molar-refractivity contribution is -0.0189. The SMILES string of the molecule is CCS(=O)(=O)CC1CCC(Oc2ncc(C(C)(C)N)c3cc(Nc4ccc5c(n4)[C@@H](C)C(C)(C)OC5=O)ncc23)CC1. The molecule has 42 heavy (non-hydrogen) atoms. The van der Waals surface area contributed by atoms with E-state index in [0.717, 1.165) is 42.0 Å². The molecule has 0 aromatic carbocycles. The van der Waals surface area contributed by atoms with E-state index < -0.39 is 21.0 Å². The molecule has 3 aromatic heterocycles. The van der Waals surface area contributed by atoms with Gasteiger partial charge in [0.05, 0.1) is 22.4 Å². The van der Waals surface area contributed by atoms with E-state index in [1.807, 2.05) is 40.7 Å². The van der Waals surface area contributed by atoms with Crippen LogP contribution in [0.25, 0.3) is 10.8 Å². The number of nitrogens with one attached hydrogen (secondary N) is 1. The number of carbonyl (C=O) groups is 1. The van der Waals surface area contributed by atoms with Crippen LogP contribution in [-0.2, 0) is 20.1 Å². The molecule has 2 aliphatic rings. The third-order valence-corrected chi connectivity index (χ3v) is 10.5. The summed E-state index contributed by atoms with van der Waals surface area (Å²) >= 11 is 0. The average molecular weight is 596 g/mol. The molecule has 0 radical (unpaired) electrons. The molecule has 3 aromatic rings. The number of ether oxygens (including phenoxy) is 2. The molecule has 0 amide bonds. The Balaban J connectivity index is 1.40. The Morgan fingerprint density at radius 2 is 1.81 bits per heavy atom. The van der Waals surface area contributed by atoms with Gasteiger partial charge >= 0.3 is 5.97 Å². The summed E-state index contributed by atoms with van der Waals surface area (Å²) in [5.74, 6) is 1.77. The van der Waals surface area contributed by atoms with Crippen molar-refractivity contribution < 1.29 is 22.7 Å². The number of fused-ring (bicyclic) bond motifs is 2. The Morgan fingerprint density at radius 1 is 1.10 bits per heavy atom. The first kappa shape index (κ1) is 30.2. The van der Waals surface area contributed by atoms with Crippen molar-refractivity contribution in [1.82, 2.24) is 15.0 Å². The molecule has 5 rings (SSSR count). The molecule has 11 heteroatoms. The molecule has 0 spiro atoms. The van der Waals surface area contributed by atoms with Gasteiger partial charge in [0.1, 0.15) is 33.2 Å². The molecule has 10 nitrogen and oxygen atoms in total. The van der Waals surface area contributed by atoms with E-state index in [1.54, 1.807) is 31.5 Å². The molecular formula is C31H41N5O5S. The second kappa shape index (κ2) is 11.1. The summed E-state index contributed by atoms with van der Waals surface area (Å²) in [6, 6.07) is 5.40. The fourth-order valence-electron chi connectivity index (χ4n) is 5.73. The summed E-state index contributed by atoms with van der Waals surface area (Å²) in [5.41, 5.74) is 7.22. The smallest absolute Gasteiger partial charge is 0.340 e. The largest absolute Gasteiger partial charge is 0.474 e. The van der Waals surface area contributed by atoms with E-state index >= 15 is 0 Å². The van der Waals surface area contributed by atoms with Crippen molar-refractivity contribution in [2.45, 2.75) is 90.4 Å². The van der Waals surface area contributed by atoms with Crippen LogP contribution in [0, 0.1) is 5.92 Å². The van der Waals surface area contributed by atoms with Crippen molar-refractivity contribution in [1.29, 1.82) is 0 Å². The maximum atomic E-state index is 12.5. The highest BCUT2D eigenvalue weighted by Gasteiger charge is 2.40. The van der Waals surface area contributed by atoms with Crippen LogP contribution in [-0.4, -0.2) is 52.5 Å². The minimum Gasteiger partial charge on any atom is -0.474 e. The first-order chi connectivity index (χ1) is 19.7. The zero-order valence-electron chi connectivity index (χ0n) is 25.2. The van der Waals surface area contributed by atoms with Gasteiger partial charge in [-0.2, -0.15) is 0 Å². The van der Waals surface area contributed by atoms with E-state index in [2.05, 4.69) is 15.3 Å². The molecule has 3 N–H and O–H groups in total. The maximum absolute atomic E-state index is 12.5. The van der Waals surface area contributed by atoms with Crippen LogP contribution in [0.2, 0.25) is 0 Å². The number of cyclic esters (lactones) is 1. The fraction of sp³-hybridized carbons (Fsp3) is 0.548. The Bertz CT molecular complexity index is 1610. The third kappa shape index (κ3) is 6.22. The minimum atomic E-state index is -2.99. The van der Waals surface area contributed by atoms with Crippen molar-refractivity contribution in [3.05, 3.63) is 47.4 Å². The van der Waals surface area contributed by atoms with Crippen LogP contribution in [0.3, 0.4) is 0 Å². The monoisotopic (exact) mass is 595 g/mol. The molecule has 1 aliphatic heterocycles. The van der Waals surface area contributed by atoms with Crippen LogP contribution in [0.5, 0.6) is 5.88 Å². The first-order valence-corrected chi connectivity index (χ1v) is 16.5. The number of aromatic nitrogens is 3. The lowest BCUT2D eigenvalue weighted by Crippen LogP contribution is -2.39. The second-order valence-corrected chi connectivity index (χ2v) is 15.1. The molecular weight excluding hydrogens is 554 g/mol. The fourth-order valence-corrected chi connectivity index (χ4v) is 7.02. The molecule has 0 unspecified atom stereocenters. The zero-order chi connectivity index (χ0) is 30.4. The molecule has 226 valence electrons. The van der Waals surface area contributed by atoms with E-state index in [4.69, 9.17) is 20.2 Å². The summed E-state index contributed by atoms with van der Waals surface area (Å²) in [6.07, 6.45) is 6.61. The molecule has 4 heterocycles. The number of hydrogen-bond acceptors (Lipinski definition) is 10. The van der Waals surface area contributed by atoms with Gasteiger partial charge in [0, 0.05) is 29.6 Å². The van der Waals surface area contributed by atoms with Crippen LogP contribution in [0.15, 0.2) is 30.6 Å². The predicted molar refractivity (Wildman–Crippen MR) is 163 cm³/mol. The van der Waals surface area contributed by atoms with Crippen LogP contribution in [0.4, 0.5) is 11.6 Å². The first-order valence-electron chi connectivity index (χ1n) is 14.6. The van der Waals surface area contributed by atoms with E-state index in [9.17, 15) is 13.2 Å². The normalized spacial score (nSPS) is 22.4. The zero-order valence-corrected chi connectivity index (χ0v) is 26.0. The van der Waals surface area contributed by atoms with Crippen molar-refractivity contribution in [3.8, 4) is 5.88 Å². The molecule has 0 bridgehead atoms. The van der Waals surface area contributed by atoms with E-state index in [0.29, 0.717) is 28.8 Å². The second-order valence-electron chi connectivity index (χ2n) is 12.7. The average Bonchev–Trinajstić information content (AvgIpc) is 2.92. The van der Waals surface area contributed by atoms with Gasteiger partial charge in [-0.05, 0) is 88.4 Å². The van der Waals surface area contributed by atoms with Gasteiger partial charge in [0.2, 0.25) is 5.88 Å². The number of nitrogens with zero attached hydrogens (tertiary/aromatic N) is 3. The lowest BCUT2D eigenvalue weighted by Gasteiger charge is -2.36. The maximum Gasteiger partial charge on any atom is 0.340 e. The molecule has 1 aliphatic carbocycles. The Morgan fingerprint density at radius 3 is 2.48 bits per heavy atom. The number of rotatable bonds is 8. The highest BCUT2D eigenvalue weighted by atomic mass is 32.2. The van der Waals surface area contributed by atoms with Gasteiger partial charge in [-0.25, -0.2) is 28.2 Å². The van der Waals surface area contributed by atoms with E-state index in [1.165, 1.54) is 0 Å². The number of esters is 1. The van der Waals surface area contributed by atoms with Crippen molar-refractivity contribution >= 4 is 38.2 Å². The number of nitrogens with two attached hydrogens (primary N) is 1. The predicted octanol–water partition coefficient (Wildman–Crippen LogP) is 5.39. The summed E-state index contributed by atoms with van der Waals surface area (Å²) in [7, 11) is -2.99. The summed E-state index contributed by atoms with van der Waals surface area (Å²) in [4.78, 5) is 26.5. The van der Waals surface area contributed by atoms with Gasteiger partial charge in [0.15, 0.2) is 0 Å². The number of carbonyl (C=O) groups excluding carboxylic acids is 1. The van der Waals surface area contributed by atoms with Crippen molar-refractivity contribution in [2.75, 3.05) is 16.8 Å². The highest BCUT2D eigenvalue weighted by Crippen LogP contribution is 2.39. The Kier molecular flexibility index (Phi) is 7.95. The van der Waals surface area contributed by atoms with Crippen molar-refractivity contribution in [3.63, 3.8) is 0 Å². The summed E-state index contributed by atoms with van der Waals surface area (Å²) in [6.45, 7) is 11.3. The standard InChI is InChI=1S/C31H41N5O5S/c1-7-42(38,39)17-19-8-10-20(11-9-19)40-28-23-15-33-26(14-22(23)24(16-34-28)30(3,4)32)35-25-13-12-21-27(36-25)18(2)31(5,6)41-29(21)37/h12-16,18-20H,7-11,17,32H2,1-6H3,(H,33,35,36)/t18-,19?,20?/m1/s1. The van der Waals surface area contributed by atoms with Crippen LogP contribution < -0.4 is 15.8 Å². The van der Waals surface area contributed by atoms with E-state index in [-0.39, 0.29) is 35.4 Å². The summed E-state index contributed by atoms with van der Waals surface area (Å²) in [5, 5.41) is 4.91. The van der Waals surface area contributed by atoms with Gasteiger partial charge in [-0.1, -0.05) is 13.8 Å². The van der Waals surface area contributed by atoms with Gasteiger partial charge in [-0.15, -0.1) is 0 Å². The molecule has 1 saturated carbocycles. The Hall–Kier alpha value is -3.31. The number of pyridine rings is 3. The molecule has 1 fully saturated rings.